The number of rotatable bonds is 7. The van der Waals surface area contributed by atoms with Crippen molar-refractivity contribution in [1.82, 2.24) is 10.6 Å². The summed E-state index contributed by atoms with van der Waals surface area (Å²) in [5, 5.41) is 23.7. The van der Waals surface area contributed by atoms with Crippen LogP contribution in [0.4, 0.5) is 0 Å². The Labute approximate surface area is 111 Å². The maximum absolute atomic E-state index is 11.6. The van der Waals surface area contributed by atoms with Crippen LogP contribution in [-0.2, 0) is 9.59 Å². The van der Waals surface area contributed by atoms with Gasteiger partial charge in [-0.2, -0.15) is 0 Å². The number of hydrogen-bond donors (Lipinski definition) is 4. The third kappa shape index (κ3) is 5.70. The Morgan fingerprint density at radius 3 is 2.61 bits per heavy atom. The average Bonchev–Trinajstić information content (AvgIpc) is 2.37. The van der Waals surface area contributed by atoms with E-state index in [-0.39, 0.29) is 24.7 Å². The third-order valence-electron chi connectivity index (χ3n) is 2.79. The van der Waals surface area contributed by atoms with E-state index in [2.05, 4.69) is 10.6 Å². The number of piperidine rings is 1. The van der Waals surface area contributed by atoms with Crippen molar-refractivity contribution >= 4 is 23.6 Å². The molecular weight excluding hydrogens is 256 g/mol. The lowest BCUT2D eigenvalue weighted by Crippen LogP contribution is -2.42. The minimum absolute atomic E-state index is 0.0408. The molecule has 1 aliphatic heterocycles. The second-order valence-electron chi connectivity index (χ2n) is 4.23. The first-order valence-corrected chi connectivity index (χ1v) is 7.13. The summed E-state index contributed by atoms with van der Waals surface area (Å²) >= 11 is 1.57. The van der Waals surface area contributed by atoms with Gasteiger partial charge >= 0.3 is 5.97 Å². The quantitative estimate of drug-likeness (QED) is 0.497. The topological polar surface area (TPSA) is 98.7 Å². The molecule has 1 aliphatic rings. The Balaban J connectivity index is 2.24. The number of amides is 1. The van der Waals surface area contributed by atoms with Gasteiger partial charge in [-0.1, -0.05) is 0 Å². The fraction of sp³-hybridized carbons (Fsp3) is 0.818. The normalized spacial score (nSPS) is 18.3. The van der Waals surface area contributed by atoms with Gasteiger partial charge in [0.15, 0.2) is 0 Å². The summed E-state index contributed by atoms with van der Waals surface area (Å²) in [5.74, 6) is -1.11. The second kappa shape index (κ2) is 8.34. The number of aliphatic hydroxyl groups excluding tert-OH is 1. The van der Waals surface area contributed by atoms with Crippen LogP contribution in [-0.4, -0.2) is 58.8 Å². The number of aliphatic carboxylic acids is 1. The largest absolute Gasteiger partial charge is 0.480 e. The van der Waals surface area contributed by atoms with Crippen molar-refractivity contribution in [2.75, 3.05) is 25.4 Å². The van der Waals surface area contributed by atoms with Crippen molar-refractivity contribution in [3.05, 3.63) is 0 Å². The van der Waals surface area contributed by atoms with Crippen LogP contribution in [0.2, 0.25) is 0 Å². The van der Waals surface area contributed by atoms with E-state index in [4.69, 9.17) is 10.2 Å². The molecule has 7 heteroatoms. The van der Waals surface area contributed by atoms with Crippen molar-refractivity contribution < 1.29 is 19.8 Å². The maximum atomic E-state index is 11.6. The van der Waals surface area contributed by atoms with Crippen molar-refractivity contribution in [3.8, 4) is 0 Å². The Bertz CT molecular complexity index is 282. The first-order valence-electron chi connectivity index (χ1n) is 6.09. The zero-order valence-corrected chi connectivity index (χ0v) is 11.0. The van der Waals surface area contributed by atoms with Crippen molar-refractivity contribution in [1.29, 1.82) is 0 Å². The van der Waals surface area contributed by atoms with E-state index in [0.717, 1.165) is 25.9 Å². The van der Waals surface area contributed by atoms with Crippen LogP contribution in [0.3, 0.4) is 0 Å². The molecular formula is C11H20N2O4S. The van der Waals surface area contributed by atoms with E-state index >= 15 is 0 Å². The third-order valence-corrected chi connectivity index (χ3v) is 4.16. The van der Waals surface area contributed by atoms with Gasteiger partial charge in [-0.15, -0.1) is 11.8 Å². The molecule has 1 fully saturated rings. The van der Waals surface area contributed by atoms with Crippen LogP contribution >= 0.6 is 11.8 Å². The lowest BCUT2D eigenvalue weighted by atomic mass is 10.2. The fourth-order valence-electron chi connectivity index (χ4n) is 1.78. The molecule has 4 N–H and O–H groups in total. The highest BCUT2D eigenvalue weighted by Gasteiger charge is 2.20. The Morgan fingerprint density at radius 1 is 1.39 bits per heavy atom. The molecule has 0 radical (unpaired) electrons. The summed E-state index contributed by atoms with van der Waals surface area (Å²) in [7, 11) is 0. The number of aliphatic hydroxyl groups is 1. The predicted molar refractivity (Wildman–Crippen MR) is 69.6 cm³/mol. The van der Waals surface area contributed by atoms with Crippen molar-refractivity contribution in [3.63, 3.8) is 0 Å². The lowest BCUT2D eigenvalue weighted by Gasteiger charge is -2.22. The molecule has 0 bridgehead atoms. The van der Waals surface area contributed by atoms with Crippen LogP contribution in [0.25, 0.3) is 0 Å². The molecule has 0 aliphatic carbocycles. The molecule has 1 amide bonds. The summed E-state index contributed by atoms with van der Waals surface area (Å²) in [4.78, 5) is 22.4. The highest BCUT2D eigenvalue weighted by Crippen LogP contribution is 2.19. The van der Waals surface area contributed by atoms with Gasteiger partial charge in [0.05, 0.1) is 5.75 Å². The zero-order chi connectivity index (χ0) is 13.4. The molecule has 0 aromatic carbocycles. The molecule has 0 aromatic heterocycles. The van der Waals surface area contributed by atoms with Gasteiger partial charge in [-0.05, 0) is 25.9 Å². The molecule has 0 aromatic rings. The highest BCUT2D eigenvalue weighted by molar-refractivity contribution is 8.00. The fourth-order valence-corrected chi connectivity index (χ4v) is 2.82. The number of carboxylic acid groups (broad SMARTS) is 1. The number of thioether (sulfide) groups is 1. The molecule has 0 spiro atoms. The smallest absolute Gasteiger partial charge is 0.326 e. The van der Waals surface area contributed by atoms with Crippen LogP contribution < -0.4 is 10.6 Å². The molecule has 6 nitrogen and oxygen atoms in total. The van der Waals surface area contributed by atoms with Gasteiger partial charge in [0.25, 0.3) is 0 Å². The predicted octanol–water partition coefficient (Wildman–Crippen LogP) is -0.577. The van der Waals surface area contributed by atoms with E-state index in [1.807, 2.05) is 0 Å². The van der Waals surface area contributed by atoms with Crippen LogP contribution in [0.15, 0.2) is 0 Å². The minimum atomic E-state index is -1.11. The molecule has 1 heterocycles. The molecule has 0 saturated carbocycles. The van der Waals surface area contributed by atoms with Gasteiger partial charge in [0.2, 0.25) is 5.91 Å². The molecule has 1 rings (SSSR count). The standard InChI is InChI=1S/C11H20N2O4S/c14-6-3-9(11(16)17)13-10(15)7-18-8-1-4-12-5-2-8/h8-9,12,14H,1-7H2,(H,13,15)(H,16,17). The molecule has 1 saturated heterocycles. The molecule has 104 valence electrons. The number of nitrogens with one attached hydrogen (secondary N) is 2. The van der Waals surface area contributed by atoms with Gasteiger partial charge in [-0.25, -0.2) is 4.79 Å². The van der Waals surface area contributed by atoms with Crippen molar-refractivity contribution in [2.24, 2.45) is 0 Å². The zero-order valence-electron chi connectivity index (χ0n) is 10.2. The maximum Gasteiger partial charge on any atom is 0.326 e. The van der Waals surface area contributed by atoms with Gasteiger partial charge in [-0.3, -0.25) is 4.79 Å². The van der Waals surface area contributed by atoms with Gasteiger partial charge < -0.3 is 20.8 Å². The molecule has 18 heavy (non-hydrogen) atoms. The Kier molecular flexibility index (Phi) is 7.07. The molecule has 1 unspecified atom stereocenters. The van der Waals surface area contributed by atoms with Gasteiger partial charge in [0.1, 0.15) is 6.04 Å². The summed E-state index contributed by atoms with van der Waals surface area (Å²) < 4.78 is 0. The van der Waals surface area contributed by atoms with E-state index in [0.29, 0.717) is 5.25 Å². The molecule has 1 atom stereocenters. The summed E-state index contributed by atoms with van der Waals surface area (Å²) in [6, 6.07) is -0.990. The van der Waals surface area contributed by atoms with Crippen LogP contribution in [0.1, 0.15) is 19.3 Å². The Hall–Kier alpha value is -0.790. The monoisotopic (exact) mass is 276 g/mol. The van der Waals surface area contributed by atoms with E-state index in [1.165, 1.54) is 0 Å². The summed E-state index contributed by atoms with van der Waals surface area (Å²) in [5.41, 5.74) is 0. The number of hydrogen-bond acceptors (Lipinski definition) is 5. The number of carbonyl (C=O) groups is 2. The van der Waals surface area contributed by atoms with E-state index in [1.54, 1.807) is 11.8 Å². The first-order chi connectivity index (χ1) is 8.63. The summed E-state index contributed by atoms with van der Waals surface area (Å²) in [6.07, 6.45) is 2.12. The minimum Gasteiger partial charge on any atom is -0.480 e. The van der Waals surface area contributed by atoms with Crippen LogP contribution in [0.5, 0.6) is 0 Å². The van der Waals surface area contributed by atoms with E-state index in [9.17, 15) is 9.59 Å². The van der Waals surface area contributed by atoms with Gasteiger partial charge in [0, 0.05) is 18.3 Å². The summed E-state index contributed by atoms with van der Waals surface area (Å²) in [6.45, 7) is 1.70. The first kappa shape index (κ1) is 15.3. The van der Waals surface area contributed by atoms with E-state index < -0.39 is 12.0 Å². The number of carboxylic acids is 1. The number of carbonyl (C=O) groups excluding carboxylic acids is 1. The second-order valence-corrected chi connectivity index (χ2v) is 5.52. The van der Waals surface area contributed by atoms with Crippen molar-refractivity contribution in [2.45, 2.75) is 30.6 Å². The lowest BCUT2D eigenvalue weighted by molar-refractivity contribution is -0.141. The SMILES string of the molecule is O=C(CSC1CCNCC1)NC(CCO)C(=O)O. The highest BCUT2D eigenvalue weighted by atomic mass is 32.2. The average molecular weight is 276 g/mol. The Morgan fingerprint density at radius 2 is 2.06 bits per heavy atom. The van der Waals surface area contributed by atoms with Crippen LogP contribution in [0, 0.1) is 0 Å².